The van der Waals surface area contributed by atoms with E-state index in [0.29, 0.717) is 34.1 Å². The topological polar surface area (TPSA) is 162 Å². The van der Waals surface area contributed by atoms with Gasteiger partial charge < -0.3 is 35.6 Å². The Hall–Kier alpha value is -5.36. The van der Waals surface area contributed by atoms with Crippen molar-refractivity contribution in [3.8, 4) is 11.1 Å². The van der Waals surface area contributed by atoms with E-state index >= 15 is 0 Å². The van der Waals surface area contributed by atoms with Crippen LogP contribution in [0.15, 0.2) is 73.1 Å². The number of nitrogens with zero attached hydrogens (tertiary/aromatic N) is 2. The van der Waals surface area contributed by atoms with Gasteiger partial charge in [0.1, 0.15) is 17.0 Å². The first-order chi connectivity index (χ1) is 20.7. The molecular weight excluding hydrogens is 562 g/mol. The Morgan fingerprint density at radius 1 is 0.682 bits per heavy atom. The fourth-order valence-electron chi connectivity index (χ4n) is 4.26. The highest BCUT2D eigenvalue weighted by molar-refractivity contribution is 6.05. The second-order valence-corrected chi connectivity index (χ2v) is 11.4. The number of nitrogens with one attached hydrogen (secondary N) is 4. The van der Waals surface area contributed by atoms with Gasteiger partial charge in [-0.3, -0.25) is 19.7 Å². The molecule has 44 heavy (non-hydrogen) atoms. The summed E-state index contributed by atoms with van der Waals surface area (Å²) < 4.78 is 8.61. The average Bonchev–Trinajstić information content (AvgIpc) is 3.50. The molecule has 0 aliphatic carbocycles. The van der Waals surface area contributed by atoms with Gasteiger partial charge >= 0.3 is 6.09 Å². The van der Waals surface area contributed by atoms with E-state index in [4.69, 9.17) is 10.5 Å². The molecule has 0 bridgehead atoms. The number of amides is 4. The third-order valence-electron chi connectivity index (χ3n) is 6.42. The highest BCUT2D eigenvalue weighted by atomic mass is 16.6. The molecule has 6 N–H and O–H groups in total. The minimum Gasteiger partial charge on any atom is -0.444 e. The van der Waals surface area contributed by atoms with Crippen molar-refractivity contribution in [3.05, 3.63) is 84.4 Å². The van der Waals surface area contributed by atoms with Gasteiger partial charge in [0, 0.05) is 49.1 Å². The largest absolute Gasteiger partial charge is 0.444 e. The van der Waals surface area contributed by atoms with Crippen LogP contribution in [0.2, 0.25) is 0 Å². The first-order valence-corrected chi connectivity index (χ1v) is 13.9. The van der Waals surface area contributed by atoms with Crippen molar-refractivity contribution in [2.75, 3.05) is 21.3 Å². The van der Waals surface area contributed by atoms with Crippen molar-refractivity contribution in [3.63, 3.8) is 0 Å². The van der Waals surface area contributed by atoms with Crippen molar-refractivity contribution in [2.45, 2.75) is 39.3 Å². The molecule has 4 rings (SSSR count). The highest BCUT2D eigenvalue weighted by Gasteiger charge is 2.19. The molecule has 0 aliphatic heterocycles. The van der Waals surface area contributed by atoms with Crippen molar-refractivity contribution in [1.82, 2.24) is 9.13 Å². The van der Waals surface area contributed by atoms with E-state index in [-0.39, 0.29) is 17.7 Å². The molecule has 1 atom stereocenters. The van der Waals surface area contributed by atoms with Crippen LogP contribution in [0.25, 0.3) is 11.1 Å². The van der Waals surface area contributed by atoms with E-state index in [1.165, 1.54) is 0 Å². The van der Waals surface area contributed by atoms with Gasteiger partial charge in [0.05, 0.1) is 11.7 Å². The molecular formula is C32H37N7O5. The third-order valence-corrected chi connectivity index (χ3v) is 6.42. The fraction of sp³-hybridized carbons (Fsp3) is 0.250. The molecule has 4 aromatic rings. The zero-order chi connectivity index (χ0) is 32.2. The molecule has 0 aliphatic rings. The number of hydrogen-bond donors (Lipinski definition) is 5. The van der Waals surface area contributed by atoms with Crippen LogP contribution < -0.4 is 27.0 Å². The predicted molar refractivity (Wildman–Crippen MR) is 171 cm³/mol. The molecule has 4 amide bonds. The first kappa shape index (κ1) is 31.6. The number of anilines is 4. The maximum absolute atomic E-state index is 13.0. The van der Waals surface area contributed by atoms with Gasteiger partial charge in [-0.25, -0.2) is 4.79 Å². The van der Waals surface area contributed by atoms with E-state index < -0.39 is 17.7 Å². The lowest BCUT2D eigenvalue weighted by Crippen LogP contribution is -2.32. The number of aromatic nitrogens is 2. The number of hydrogen-bond acceptors (Lipinski definition) is 6. The van der Waals surface area contributed by atoms with Gasteiger partial charge in [0.2, 0.25) is 5.91 Å². The lowest BCUT2D eigenvalue weighted by atomic mass is 10.1. The normalized spacial score (nSPS) is 11.8. The Morgan fingerprint density at radius 2 is 1.16 bits per heavy atom. The standard InChI is InChI=1S/C32H37N7O5/c1-19(33)28(40)34-23-11-13-24(14-12-23)36-29(41)26-15-21(17-38(26)5)20-7-9-22(10-8-20)35-30(42)27-16-25(18-39(27)6)37-31(43)44-32(2,3)4/h7-19H,33H2,1-6H3,(H,34,40)(H,35,42)(H,36,41)(H,37,43)/t19-/m0/s1. The number of carbonyl (C=O) groups excluding carboxylic acids is 4. The maximum Gasteiger partial charge on any atom is 0.412 e. The molecule has 2 heterocycles. The smallest absolute Gasteiger partial charge is 0.412 e. The highest BCUT2D eigenvalue weighted by Crippen LogP contribution is 2.25. The molecule has 2 aromatic heterocycles. The van der Waals surface area contributed by atoms with Gasteiger partial charge in [-0.15, -0.1) is 0 Å². The third kappa shape index (κ3) is 8.13. The van der Waals surface area contributed by atoms with Crippen LogP contribution >= 0.6 is 0 Å². The van der Waals surface area contributed by atoms with E-state index in [0.717, 1.165) is 11.1 Å². The number of rotatable bonds is 8. The zero-order valence-corrected chi connectivity index (χ0v) is 25.5. The molecule has 0 unspecified atom stereocenters. The van der Waals surface area contributed by atoms with Gasteiger partial charge in [-0.1, -0.05) is 12.1 Å². The number of carbonyl (C=O) groups is 4. The van der Waals surface area contributed by atoms with E-state index in [9.17, 15) is 19.2 Å². The van der Waals surface area contributed by atoms with Gasteiger partial charge in [-0.05, 0) is 81.8 Å². The fourth-order valence-corrected chi connectivity index (χ4v) is 4.26. The van der Waals surface area contributed by atoms with Crippen molar-refractivity contribution in [1.29, 1.82) is 0 Å². The Labute approximate surface area is 255 Å². The minimum absolute atomic E-state index is 0.293. The van der Waals surface area contributed by atoms with Crippen molar-refractivity contribution >= 4 is 46.6 Å². The minimum atomic E-state index is -0.641. The molecule has 12 nitrogen and oxygen atoms in total. The number of benzene rings is 2. The van der Waals surface area contributed by atoms with Crippen LogP contribution in [-0.2, 0) is 23.6 Å². The summed E-state index contributed by atoms with van der Waals surface area (Å²) in [5.41, 5.74) is 9.59. The quantitative estimate of drug-likeness (QED) is 0.188. The summed E-state index contributed by atoms with van der Waals surface area (Å²) >= 11 is 0. The van der Waals surface area contributed by atoms with Crippen LogP contribution in [0, 0.1) is 0 Å². The van der Waals surface area contributed by atoms with Crippen LogP contribution in [0.4, 0.5) is 27.5 Å². The van der Waals surface area contributed by atoms with Crippen molar-refractivity contribution < 1.29 is 23.9 Å². The van der Waals surface area contributed by atoms with Gasteiger partial charge in [0.15, 0.2) is 0 Å². The molecule has 2 aromatic carbocycles. The summed E-state index contributed by atoms with van der Waals surface area (Å²) in [6.07, 6.45) is 2.87. The molecule has 0 fully saturated rings. The second kappa shape index (κ2) is 12.9. The van der Waals surface area contributed by atoms with Gasteiger partial charge in [-0.2, -0.15) is 0 Å². The summed E-state index contributed by atoms with van der Waals surface area (Å²) in [7, 11) is 3.49. The first-order valence-electron chi connectivity index (χ1n) is 13.9. The second-order valence-electron chi connectivity index (χ2n) is 11.4. The molecule has 0 saturated carbocycles. The Kier molecular flexibility index (Phi) is 9.24. The van der Waals surface area contributed by atoms with Crippen LogP contribution in [0.1, 0.15) is 48.7 Å². The Balaban J connectivity index is 1.37. The summed E-state index contributed by atoms with van der Waals surface area (Å²) in [6.45, 7) is 6.91. The lowest BCUT2D eigenvalue weighted by molar-refractivity contribution is -0.117. The van der Waals surface area contributed by atoms with E-state index in [2.05, 4.69) is 21.3 Å². The molecule has 230 valence electrons. The van der Waals surface area contributed by atoms with Crippen LogP contribution in [0.5, 0.6) is 0 Å². The van der Waals surface area contributed by atoms with Gasteiger partial charge in [0.25, 0.3) is 11.8 Å². The molecule has 0 spiro atoms. The van der Waals surface area contributed by atoms with Crippen LogP contribution in [0.3, 0.4) is 0 Å². The number of ether oxygens (including phenoxy) is 1. The molecule has 0 radical (unpaired) electrons. The van der Waals surface area contributed by atoms with E-state index in [1.807, 2.05) is 18.3 Å². The summed E-state index contributed by atoms with van der Waals surface area (Å²) in [6, 6.07) is 16.7. The zero-order valence-electron chi connectivity index (χ0n) is 25.5. The maximum atomic E-state index is 13.0. The summed E-state index contributed by atoms with van der Waals surface area (Å²) in [5, 5.41) is 11.1. The Bertz CT molecular complexity index is 1680. The summed E-state index contributed by atoms with van der Waals surface area (Å²) in [5.74, 6) is -0.938. The van der Waals surface area contributed by atoms with E-state index in [1.54, 1.807) is 106 Å². The summed E-state index contributed by atoms with van der Waals surface area (Å²) in [4.78, 5) is 49.8. The Morgan fingerprint density at radius 3 is 1.68 bits per heavy atom. The average molecular weight is 600 g/mol. The molecule has 0 saturated heterocycles. The monoisotopic (exact) mass is 599 g/mol. The molecule has 12 heteroatoms. The van der Waals surface area contributed by atoms with Crippen LogP contribution in [-0.4, -0.2) is 44.6 Å². The predicted octanol–water partition coefficient (Wildman–Crippen LogP) is 5.17. The number of aryl methyl sites for hydroxylation is 2. The van der Waals surface area contributed by atoms with Crippen molar-refractivity contribution in [2.24, 2.45) is 19.8 Å². The SMILES string of the molecule is C[C@H](N)C(=O)Nc1ccc(NC(=O)c2cc(-c3ccc(NC(=O)c4cc(NC(=O)OC(C)(C)C)cn4C)cc3)cn2C)cc1. The lowest BCUT2D eigenvalue weighted by Gasteiger charge is -2.19. The number of nitrogens with two attached hydrogens (primary N) is 1.